The SMILES string of the molecule is CCOC(=O)CC(=O)Cc1ccccc1.N#CCC(N)=S.N#Cc1c(Cc2ccccc2)cc(=O)[nH]c1S.N#Cc1c(Cc2ccccc2)cc(=O)[nH]c1SCC(=O)O.O=C(O)CBr. The van der Waals surface area contributed by atoms with E-state index in [1.165, 1.54) is 12.1 Å². The maximum Gasteiger partial charge on any atom is 0.314 e. The second-order valence-electron chi connectivity index (χ2n) is 12.5. The number of esters is 1. The minimum absolute atomic E-state index is 0.0347. The van der Waals surface area contributed by atoms with Crippen molar-refractivity contribution in [1.82, 2.24) is 9.97 Å². The average molecular weight is 988 g/mol. The van der Waals surface area contributed by atoms with Crippen LogP contribution in [0.5, 0.6) is 0 Å². The Hall–Kier alpha value is -6.82. The van der Waals surface area contributed by atoms with Crippen molar-refractivity contribution in [1.29, 1.82) is 15.8 Å². The van der Waals surface area contributed by atoms with Gasteiger partial charge in [0, 0.05) is 18.6 Å². The number of thioether (sulfide) groups is 1. The van der Waals surface area contributed by atoms with Gasteiger partial charge in [-0.25, -0.2) is 0 Å². The van der Waals surface area contributed by atoms with Gasteiger partial charge in [0.25, 0.3) is 0 Å². The fourth-order valence-electron chi connectivity index (χ4n) is 4.92. The number of carbonyl (C=O) groups is 4. The van der Waals surface area contributed by atoms with Gasteiger partial charge in [0.2, 0.25) is 11.1 Å². The lowest BCUT2D eigenvalue weighted by Gasteiger charge is -2.08. The van der Waals surface area contributed by atoms with Crippen LogP contribution in [0.2, 0.25) is 0 Å². The molecule has 2 aromatic heterocycles. The minimum Gasteiger partial charge on any atom is -0.481 e. The van der Waals surface area contributed by atoms with Crippen LogP contribution in [0, 0.1) is 34.0 Å². The van der Waals surface area contributed by atoms with Crippen molar-refractivity contribution in [3.05, 3.63) is 163 Å². The molecular weight excluding hydrogens is 945 g/mol. The third kappa shape index (κ3) is 24.0. The largest absolute Gasteiger partial charge is 0.481 e. The zero-order valence-electron chi connectivity index (χ0n) is 34.3. The number of nitrogens with two attached hydrogens (primary N) is 1. The Labute approximate surface area is 392 Å². The van der Waals surface area contributed by atoms with Crippen LogP contribution >= 0.6 is 52.5 Å². The molecule has 64 heavy (non-hydrogen) atoms. The molecule has 3 aromatic carbocycles. The summed E-state index contributed by atoms with van der Waals surface area (Å²) in [6.07, 6.45) is 1.35. The molecule has 2 heterocycles. The number of aromatic amines is 2. The van der Waals surface area contributed by atoms with Crippen LogP contribution in [-0.4, -0.2) is 66.6 Å². The van der Waals surface area contributed by atoms with Crippen LogP contribution in [0.3, 0.4) is 0 Å². The number of nitrogens with one attached hydrogen (secondary N) is 2. The Morgan fingerprint density at radius 3 is 1.62 bits per heavy atom. The number of carbonyl (C=O) groups excluding carboxylic acids is 2. The normalized spacial score (nSPS) is 9.38. The molecule has 19 heteroatoms. The Kier molecular flexibility index (Phi) is 27.5. The molecule has 332 valence electrons. The number of nitrogens with zero attached hydrogens (tertiary/aromatic N) is 3. The number of Topliss-reactive ketones (excluding diaryl/α,β-unsaturated/α-hetero) is 1. The molecule has 0 atom stereocenters. The second kappa shape index (κ2) is 31.9. The van der Waals surface area contributed by atoms with E-state index in [0.29, 0.717) is 58.2 Å². The van der Waals surface area contributed by atoms with Crippen molar-refractivity contribution in [2.45, 2.75) is 49.1 Å². The molecule has 15 nitrogen and oxygen atoms in total. The minimum atomic E-state index is -1.00. The van der Waals surface area contributed by atoms with Crippen molar-refractivity contribution in [3.63, 3.8) is 0 Å². The van der Waals surface area contributed by atoms with E-state index in [2.05, 4.69) is 62.9 Å². The molecule has 0 fully saturated rings. The number of carboxylic acids is 2. The van der Waals surface area contributed by atoms with Crippen molar-refractivity contribution in [2.75, 3.05) is 17.7 Å². The van der Waals surface area contributed by atoms with Crippen LogP contribution < -0.4 is 16.9 Å². The molecule has 0 bridgehead atoms. The van der Waals surface area contributed by atoms with Crippen LogP contribution in [0.25, 0.3) is 0 Å². The molecule has 6 N–H and O–H groups in total. The van der Waals surface area contributed by atoms with Gasteiger partial charge in [-0.3, -0.25) is 28.8 Å². The fraction of sp³-hybridized carbons (Fsp3) is 0.200. The number of carboxylic acid groups (broad SMARTS) is 2. The van der Waals surface area contributed by atoms with Gasteiger partial charge in [0.1, 0.15) is 29.7 Å². The summed E-state index contributed by atoms with van der Waals surface area (Å²) in [5, 5.41) is 43.2. The maximum atomic E-state index is 11.7. The smallest absolute Gasteiger partial charge is 0.314 e. The first-order valence-corrected chi connectivity index (χ1v) is 21.6. The predicted molar refractivity (Wildman–Crippen MR) is 253 cm³/mol. The van der Waals surface area contributed by atoms with Crippen LogP contribution in [0.4, 0.5) is 0 Å². The van der Waals surface area contributed by atoms with E-state index in [0.717, 1.165) is 28.5 Å². The summed E-state index contributed by atoms with van der Waals surface area (Å²) in [4.78, 5) is 70.7. The fourth-order valence-corrected chi connectivity index (χ4v) is 6.05. The summed E-state index contributed by atoms with van der Waals surface area (Å²) in [5.74, 6) is -2.60. The zero-order valence-corrected chi connectivity index (χ0v) is 38.4. The van der Waals surface area contributed by atoms with Gasteiger partial charge < -0.3 is 30.7 Å². The summed E-state index contributed by atoms with van der Waals surface area (Å²) in [6.45, 7) is 2.04. The number of thiocarbonyl (C=S) groups is 1. The number of aromatic nitrogens is 2. The number of aliphatic carboxylic acids is 2. The molecule has 0 amide bonds. The van der Waals surface area contributed by atoms with Gasteiger partial charge in [-0.2, -0.15) is 15.8 Å². The van der Waals surface area contributed by atoms with Gasteiger partial charge in [0.05, 0.1) is 51.0 Å². The second-order valence-corrected chi connectivity index (χ2v) is 15.0. The van der Waals surface area contributed by atoms with E-state index in [4.69, 9.17) is 31.2 Å². The number of benzene rings is 3. The molecule has 0 saturated carbocycles. The Morgan fingerprint density at radius 1 is 0.781 bits per heavy atom. The van der Waals surface area contributed by atoms with E-state index in [-0.39, 0.29) is 45.8 Å². The highest BCUT2D eigenvalue weighted by Gasteiger charge is 2.14. The summed E-state index contributed by atoms with van der Waals surface area (Å²) < 4.78 is 4.69. The number of alkyl halides is 1. The number of hydrogen-bond donors (Lipinski definition) is 6. The number of H-pyrrole nitrogens is 2. The standard InChI is InChI=1S/C15H12N2O3S.C13H10N2OS.C12H14O3.C3H4N2S.C2H3BrO2/c16-8-12-11(6-10-4-2-1-3-5-10)7-13(18)17-15(12)21-9-14(19)20;14-8-11-10(7-12(16)15-13(11)17)6-9-4-2-1-3-5-9;1-2-15-12(14)9-11(13)8-10-6-4-3-5-7-10;4-2-1-3(5)6;3-1-2(4)5/h1-5,7H,6,9H2,(H,17,18)(H,19,20);1-5,7H,6H2,(H2,15,16,17);3-7H,2,8-9H2,1H3;1H2,(H2,5,6);1H2,(H,4,5). The average Bonchev–Trinajstić information content (AvgIpc) is 3.24. The Bertz CT molecular complexity index is 2560. The quantitative estimate of drug-likeness (QED) is 0.0172. The van der Waals surface area contributed by atoms with E-state index >= 15 is 0 Å². The van der Waals surface area contributed by atoms with E-state index < -0.39 is 17.9 Å². The van der Waals surface area contributed by atoms with Gasteiger partial charge in [0.15, 0.2) is 0 Å². The summed E-state index contributed by atoms with van der Waals surface area (Å²) >= 11 is 12.1. The lowest BCUT2D eigenvalue weighted by molar-refractivity contribution is -0.145. The van der Waals surface area contributed by atoms with Crippen molar-refractivity contribution in [2.24, 2.45) is 5.73 Å². The van der Waals surface area contributed by atoms with E-state index in [9.17, 15) is 34.0 Å². The molecule has 0 unspecified atom stereocenters. The summed E-state index contributed by atoms with van der Waals surface area (Å²) in [6, 6.07) is 37.3. The maximum absolute atomic E-state index is 11.7. The highest BCUT2D eigenvalue weighted by molar-refractivity contribution is 9.09. The molecule has 5 rings (SSSR count). The van der Waals surface area contributed by atoms with Gasteiger partial charge >= 0.3 is 17.9 Å². The predicted octanol–water partition coefficient (Wildman–Crippen LogP) is 6.54. The first-order valence-electron chi connectivity index (χ1n) is 18.6. The van der Waals surface area contributed by atoms with Crippen molar-refractivity contribution in [3.8, 4) is 18.2 Å². The van der Waals surface area contributed by atoms with Crippen LogP contribution in [0.1, 0.15) is 58.7 Å². The number of pyridine rings is 2. The monoisotopic (exact) mass is 986 g/mol. The molecule has 5 aromatic rings. The van der Waals surface area contributed by atoms with Crippen molar-refractivity contribution < 1.29 is 34.1 Å². The highest BCUT2D eigenvalue weighted by Crippen LogP contribution is 2.23. The van der Waals surface area contributed by atoms with E-state index in [1.807, 2.05) is 91.0 Å². The molecule has 0 saturated heterocycles. The highest BCUT2D eigenvalue weighted by atomic mass is 79.9. The Balaban J connectivity index is 0.000000434. The van der Waals surface area contributed by atoms with Crippen LogP contribution in [-0.2, 0) is 43.2 Å². The third-order valence-corrected chi connectivity index (χ3v) is 9.44. The molecule has 0 spiro atoms. The van der Waals surface area contributed by atoms with Crippen molar-refractivity contribution >= 4 is 81.2 Å². The molecule has 0 aliphatic carbocycles. The van der Waals surface area contributed by atoms with Gasteiger partial charge in [-0.1, -0.05) is 131 Å². The zero-order chi connectivity index (χ0) is 47.9. The number of thiol groups is 1. The first kappa shape index (κ1) is 55.2. The number of ketones is 1. The molecule has 0 aliphatic heterocycles. The summed E-state index contributed by atoms with van der Waals surface area (Å²) in [5.41, 5.74) is 9.35. The lowest BCUT2D eigenvalue weighted by Crippen LogP contribution is -2.12. The molecular formula is C45H43BrN6O9S3. The number of halogens is 1. The first-order chi connectivity index (χ1) is 30.6. The third-order valence-electron chi connectivity index (χ3n) is 7.49. The van der Waals surface area contributed by atoms with Gasteiger partial charge in [-0.05, 0) is 47.6 Å². The number of ether oxygens (including phenoxy) is 1. The molecule has 0 aliphatic rings. The van der Waals surface area contributed by atoms with Gasteiger partial charge in [-0.15, -0.1) is 12.6 Å². The number of nitriles is 3. The number of hydrogen-bond acceptors (Lipinski definition) is 13. The number of rotatable bonds is 14. The summed E-state index contributed by atoms with van der Waals surface area (Å²) in [7, 11) is 0. The van der Waals surface area contributed by atoms with Crippen LogP contribution in [0.15, 0.2) is 123 Å². The van der Waals surface area contributed by atoms with E-state index in [1.54, 1.807) is 13.0 Å². The molecule has 0 radical (unpaired) electrons. The lowest BCUT2D eigenvalue weighted by atomic mass is 10.0. The topological polar surface area (TPSA) is 281 Å². The Morgan fingerprint density at radius 2 is 1.23 bits per heavy atom.